The second kappa shape index (κ2) is 4.39. The molecule has 1 heterocycles. The summed E-state index contributed by atoms with van der Waals surface area (Å²) in [4.78, 5) is 2.41. The van der Waals surface area contributed by atoms with E-state index in [0.29, 0.717) is 0 Å². The molecule has 1 atom stereocenters. The van der Waals surface area contributed by atoms with Crippen molar-refractivity contribution in [3.63, 3.8) is 0 Å². The van der Waals surface area contributed by atoms with E-state index in [0.717, 1.165) is 12.6 Å². The fraction of sp³-hybridized carbons (Fsp3) is 0.778. The SMILES string of the molecule is CNC/C=C/N1CCC[C@H]1C. The van der Waals surface area contributed by atoms with Gasteiger partial charge >= 0.3 is 0 Å². The van der Waals surface area contributed by atoms with Gasteiger partial charge in [-0.05, 0) is 33.0 Å². The van der Waals surface area contributed by atoms with Crippen LogP contribution in [0.2, 0.25) is 0 Å². The number of hydrogen-bond donors (Lipinski definition) is 1. The monoisotopic (exact) mass is 154 g/mol. The molecule has 0 saturated carbocycles. The Hall–Kier alpha value is -0.500. The topological polar surface area (TPSA) is 15.3 Å². The lowest BCUT2D eigenvalue weighted by Gasteiger charge is -2.17. The fourth-order valence-electron chi connectivity index (χ4n) is 1.48. The first-order chi connectivity index (χ1) is 5.34. The van der Waals surface area contributed by atoms with Crippen molar-refractivity contribution in [2.75, 3.05) is 20.1 Å². The molecule has 0 radical (unpaired) electrons. The van der Waals surface area contributed by atoms with Crippen LogP contribution in [-0.2, 0) is 0 Å². The van der Waals surface area contributed by atoms with Crippen LogP contribution in [0.4, 0.5) is 0 Å². The molecule has 0 spiro atoms. The van der Waals surface area contributed by atoms with E-state index in [1.54, 1.807) is 0 Å². The lowest BCUT2D eigenvalue weighted by atomic mass is 10.2. The van der Waals surface area contributed by atoms with Crippen molar-refractivity contribution >= 4 is 0 Å². The Bertz CT molecular complexity index is 132. The molecule has 0 aromatic carbocycles. The first-order valence-electron chi connectivity index (χ1n) is 4.41. The van der Waals surface area contributed by atoms with Crippen LogP contribution in [0.15, 0.2) is 12.3 Å². The maximum Gasteiger partial charge on any atom is 0.0256 e. The summed E-state index contributed by atoms with van der Waals surface area (Å²) in [5, 5.41) is 3.09. The Morgan fingerprint density at radius 3 is 3.00 bits per heavy atom. The summed E-state index contributed by atoms with van der Waals surface area (Å²) in [5.41, 5.74) is 0. The van der Waals surface area contributed by atoms with Gasteiger partial charge in [0.2, 0.25) is 0 Å². The molecule has 1 saturated heterocycles. The zero-order chi connectivity index (χ0) is 8.10. The molecule has 2 heteroatoms. The van der Waals surface area contributed by atoms with Crippen molar-refractivity contribution in [3.8, 4) is 0 Å². The normalized spacial score (nSPS) is 25.3. The summed E-state index contributed by atoms with van der Waals surface area (Å²) in [6.07, 6.45) is 7.10. The van der Waals surface area contributed by atoms with Gasteiger partial charge in [-0.15, -0.1) is 0 Å². The molecule has 1 aliphatic rings. The van der Waals surface area contributed by atoms with E-state index in [2.05, 4.69) is 29.4 Å². The van der Waals surface area contributed by atoms with Crippen LogP contribution in [0.3, 0.4) is 0 Å². The maximum atomic E-state index is 3.09. The number of likely N-dealkylation sites (N-methyl/N-ethyl adjacent to an activating group) is 1. The molecule has 0 aliphatic carbocycles. The molecule has 64 valence electrons. The Labute approximate surface area is 69.3 Å². The summed E-state index contributed by atoms with van der Waals surface area (Å²) in [7, 11) is 1.97. The van der Waals surface area contributed by atoms with Crippen molar-refractivity contribution in [1.29, 1.82) is 0 Å². The number of likely N-dealkylation sites (tertiary alicyclic amines) is 1. The minimum absolute atomic E-state index is 0.753. The number of rotatable bonds is 3. The lowest BCUT2D eigenvalue weighted by Crippen LogP contribution is -2.20. The van der Waals surface area contributed by atoms with Crippen molar-refractivity contribution in [2.24, 2.45) is 0 Å². The zero-order valence-corrected chi connectivity index (χ0v) is 7.51. The second-order valence-electron chi connectivity index (χ2n) is 3.17. The minimum atomic E-state index is 0.753. The number of nitrogens with zero attached hydrogens (tertiary/aromatic N) is 1. The van der Waals surface area contributed by atoms with E-state index in [-0.39, 0.29) is 0 Å². The Balaban J connectivity index is 2.24. The summed E-state index contributed by atoms with van der Waals surface area (Å²) in [6, 6.07) is 0.753. The van der Waals surface area contributed by atoms with Gasteiger partial charge in [-0.1, -0.05) is 6.08 Å². The van der Waals surface area contributed by atoms with Gasteiger partial charge in [-0.2, -0.15) is 0 Å². The molecule has 1 fully saturated rings. The lowest BCUT2D eigenvalue weighted by molar-refractivity contribution is 0.371. The summed E-state index contributed by atoms with van der Waals surface area (Å²) >= 11 is 0. The van der Waals surface area contributed by atoms with Crippen molar-refractivity contribution in [1.82, 2.24) is 10.2 Å². The van der Waals surface area contributed by atoms with E-state index >= 15 is 0 Å². The summed E-state index contributed by atoms with van der Waals surface area (Å²) in [5.74, 6) is 0. The van der Waals surface area contributed by atoms with Crippen LogP contribution in [0.5, 0.6) is 0 Å². The van der Waals surface area contributed by atoms with E-state index in [1.807, 2.05) is 7.05 Å². The van der Waals surface area contributed by atoms with Crippen molar-refractivity contribution in [2.45, 2.75) is 25.8 Å². The summed E-state index contributed by atoms with van der Waals surface area (Å²) in [6.45, 7) is 4.50. The molecule has 1 rings (SSSR count). The van der Waals surface area contributed by atoms with Crippen LogP contribution in [0.25, 0.3) is 0 Å². The molecule has 1 N–H and O–H groups in total. The highest BCUT2D eigenvalue weighted by Gasteiger charge is 2.15. The number of hydrogen-bond acceptors (Lipinski definition) is 2. The first kappa shape index (κ1) is 8.60. The molecule has 1 aliphatic heterocycles. The Morgan fingerprint density at radius 1 is 1.64 bits per heavy atom. The van der Waals surface area contributed by atoms with E-state index in [9.17, 15) is 0 Å². The highest BCUT2D eigenvalue weighted by molar-refractivity contribution is 4.89. The molecule has 0 amide bonds. The highest BCUT2D eigenvalue weighted by atomic mass is 15.1. The average Bonchev–Trinajstić information content (AvgIpc) is 2.37. The van der Waals surface area contributed by atoms with Crippen LogP contribution < -0.4 is 5.32 Å². The average molecular weight is 154 g/mol. The van der Waals surface area contributed by atoms with Gasteiger partial charge in [0.1, 0.15) is 0 Å². The molecule has 2 nitrogen and oxygen atoms in total. The van der Waals surface area contributed by atoms with E-state index in [4.69, 9.17) is 0 Å². The molecule has 0 unspecified atom stereocenters. The number of nitrogens with one attached hydrogen (secondary N) is 1. The second-order valence-corrected chi connectivity index (χ2v) is 3.17. The van der Waals surface area contributed by atoms with Gasteiger partial charge in [-0.3, -0.25) is 0 Å². The van der Waals surface area contributed by atoms with Gasteiger partial charge in [0.25, 0.3) is 0 Å². The molecule has 0 bridgehead atoms. The maximum absolute atomic E-state index is 3.09. The van der Waals surface area contributed by atoms with Gasteiger partial charge in [0.05, 0.1) is 0 Å². The van der Waals surface area contributed by atoms with E-state index < -0.39 is 0 Å². The van der Waals surface area contributed by atoms with Crippen LogP contribution in [0.1, 0.15) is 19.8 Å². The van der Waals surface area contributed by atoms with Gasteiger partial charge in [-0.25, -0.2) is 0 Å². The molecule has 0 aromatic heterocycles. The molecule has 11 heavy (non-hydrogen) atoms. The smallest absolute Gasteiger partial charge is 0.0256 e. The third-order valence-corrected chi connectivity index (χ3v) is 2.22. The third-order valence-electron chi connectivity index (χ3n) is 2.22. The van der Waals surface area contributed by atoms with Crippen LogP contribution in [0, 0.1) is 0 Å². The third kappa shape index (κ3) is 2.54. The predicted molar refractivity (Wildman–Crippen MR) is 48.5 cm³/mol. The Kier molecular flexibility index (Phi) is 3.43. The molecular weight excluding hydrogens is 136 g/mol. The molecular formula is C9H18N2. The fourth-order valence-corrected chi connectivity index (χ4v) is 1.48. The Morgan fingerprint density at radius 2 is 2.45 bits per heavy atom. The van der Waals surface area contributed by atoms with Crippen molar-refractivity contribution in [3.05, 3.63) is 12.3 Å². The highest BCUT2D eigenvalue weighted by Crippen LogP contribution is 2.15. The van der Waals surface area contributed by atoms with Gasteiger partial charge < -0.3 is 10.2 Å². The zero-order valence-electron chi connectivity index (χ0n) is 7.51. The largest absolute Gasteiger partial charge is 0.375 e. The predicted octanol–water partition coefficient (Wildman–Crippen LogP) is 1.20. The van der Waals surface area contributed by atoms with Crippen LogP contribution in [-0.4, -0.2) is 31.1 Å². The van der Waals surface area contributed by atoms with Gasteiger partial charge in [0.15, 0.2) is 0 Å². The van der Waals surface area contributed by atoms with Crippen molar-refractivity contribution < 1.29 is 0 Å². The quantitative estimate of drug-likeness (QED) is 0.657. The minimum Gasteiger partial charge on any atom is -0.375 e. The van der Waals surface area contributed by atoms with Crippen LogP contribution >= 0.6 is 0 Å². The van der Waals surface area contributed by atoms with E-state index in [1.165, 1.54) is 19.4 Å². The molecule has 0 aromatic rings. The standard InChI is InChI=1S/C9H18N2/c1-9-5-3-7-11(9)8-4-6-10-2/h4,8-10H,3,5-7H2,1-2H3/b8-4+/t9-/m1/s1. The first-order valence-corrected chi connectivity index (χ1v) is 4.41. The van der Waals surface area contributed by atoms with Gasteiger partial charge in [0, 0.05) is 19.1 Å². The summed E-state index contributed by atoms with van der Waals surface area (Å²) < 4.78 is 0.